The molecule has 0 saturated carbocycles. The number of ether oxygens (including phenoxy) is 1. The Balaban J connectivity index is 2.40. The Labute approximate surface area is 95.2 Å². The molecule has 0 aliphatic heterocycles. The van der Waals surface area contributed by atoms with Gasteiger partial charge in [-0.25, -0.2) is 4.79 Å². The fourth-order valence-corrected chi connectivity index (χ4v) is 1.38. The van der Waals surface area contributed by atoms with Crippen LogP contribution in [0.4, 0.5) is 0 Å². The van der Waals surface area contributed by atoms with Crippen LogP contribution in [-0.4, -0.2) is 17.7 Å². The molecule has 4 heteroatoms. The van der Waals surface area contributed by atoms with E-state index in [0.717, 1.165) is 19.3 Å². The summed E-state index contributed by atoms with van der Waals surface area (Å²) in [6, 6.07) is 3.09. The van der Waals surface area contributed by atoms with Crippen LogP contribution in [0.2, 0.25) is 0 Å². The molecule has 0 saturated heterocycles. The van der Waals surface area contributed by atoms with E-state index >= 15 is 0 Å². The Bertz CT molecular complexity index is 330. The normalized spacial score (nSPS) is 12.6. The molecule has 4 nitrogen and oxygen atoms in total. The summed E-state index contributed by atoms with van der Waals surface area (Å²) in [4.78, 5) is 10.6. The molecule has 0 radical (unpaired) electrons. The van der Waals surface area contributed by atoms with Crippen LogP contribution in [0.3, 0.4) is 0 Å². The van der Waals surface area contributed by atoms with Crippen LogP contribution in [0.15, 0.2) is 16.5 Å². The number of hydrogen-bond acceptors (Lipinski definition) is 3. The van der Waals surface area contributed by atoms with Crippen molar-refractivity contribution in [2.24, 2.45) is 0 Å². The van der Waals surface area contributed by atoms with E-state index in [1.807, 2.05) is 6.92 Å². The Morgan fingerprint density at radius 3 is 2.81 bits per heavy atom. The predicted molar refractivity (Wildman–Crippen MR) is 59.6 cm³/mol. The summed E-state index contributed by atoms with van der Waals surface area (Å²) in [7, 11) is 0. The zero-order valence-electron chi connectivity index (χ0n) is 9.73. The summed E-state index contributed by atoms with van der Waals surface area (Å²) in [5.41, 5.74) is 0. The van der Waals surface area contributed by atoms with Crippen molar-refractivity contribution in [3.05, 3.63) is 23.7 Å². The van der Waals surface area contributed by atoms with E-state index in [2.05, 4.69) is 6.92 Å². The Morgan fingerprint density at radius 2 is 2.25 bits per heavy atom. The van der Waals surface area contributed by atoms with Gasteiger partial charge >= 0.3 is 5.97 Å². The smallest absolute Gasteiger partial charge is 0.371 e. The molecular formula is C12H18O4. The molecule has 1 atom stereocenters. The van der Waals surface area contributed by atoms with Crippen LogP contribution in [-0.2, 0) is 4.74 Å². The van der Waals surface area contributed by atoms with E-state index < -0.39 is 5.97 Å². The van der Waals surface area contributed by atoms with Gasteiger partial charge in [0.15, 0.2) is 0 Å². The predicted octanol–water partition coefficient (Wildman–Crippen LogP) is 3.25. The topological polar surface area (TPSA) is 59.7 Å². The zero-order valence-corrected chi connectivity index (χ0v) is 9.73. The number of rotatable bonds is 7. The quantitative estimate of drug-likeness (QED) is 0.725. The van der Waals surface area contributed by atoms with Gasteiger partial charge in [0, 0.05) is 6.61 Å². The second-order valence-corrected chi connectivity index (χ2v) is 3.73. The van der Waals surface area contributed by atoms with Crippen LogP contribution in [0.1, 0.15) is 55.5 Å². The number of unbranched alkanes of at least 4 members (excludes halogenated alkanes) is 2. The summed E-state index contributed by atoms with van der Waals surface area (Å²) in [6.07, 6.45) is 3.13. The lowest BCUT2D eigenvalue weighted by Crippen LogP contribution is -2.01. The van der Waals surface area contributed by atoms with Crippen molar-refractivity contribution in [1.82, 2.24) is 0 Å². The van der Waals surface area contributed by atoms with Crippen molar-refractivity contribution < 1.29 is 19.1 Å². The van der Waals surface area contributed by atoms with Crippen LogP contribution in [0.5, 0.6) is 0 Å². The van der Waals surface area contributed by atoms with Gasteiger partial charge in [-0.1, -0.05) is 19.8 Å². The van der Waals surface area contributed by atoms with E-state index in [-0.39, 0.29) is 11.9 Å². The van der Waals surface area contributed by atoms with Gasteiger partial charge in [-0.3, -0.25) is 0 Å². The van der Waals surface area contributed by atoms with Gasteiger partial charge in [0.2, 0.25) is 5.76 Å². The molecule has 0 aliphatic rings. The third kappa shape index (κ3) is 3.70. The van der Waals surface area contributed by atoms with Crippen LogP contribution in [0, 0.1) is 0 Å². The molecule has 1 heterocycles. The highest BCUT2D eigenvalue weighted by Gasteiger charge is 2.14. The van der Waals surface area contributed by atoms with E-state index in [0.29, 0.717) is 12.4 Å². The lowest BCUT2D eigenvalue weighted by Gasteiger charge is -2.09. The number of aromatic carboxylic acids is 1. The summed E-state index contributed by atoms with van der Waals surface area (Å²) >= 11 is 0. The molecule has 0 fully saturated rings. The number of carboxylic acid groups (broad SMARTS) is 1. The van der Waals surface area contributed by atoms with Gasteiger partial charge in [-0.15, -0.1) is 0 Å². The maximum Gasteiger partial charge on any atom is 0.371 e. The molecule has 1 unspecified atom stereocenters. The Morgan fingerprint density at radius 1 is 1.50 bits per heavy atom. The van der Waals surface area contributed by atoms with Gasteiger partial charge in [-0.2, -0.15) is 0 Å². The van der Waals surface area contributed by atoms with Crippen molar-refractivity contribution in [2.45, 2.75) is 39.2 Å². The third-order valence-electron chi connectivity index (χ3n) is 2.35. The van der Waals surface area contributed by atoms with Crippen molar-refractivity contribution in [3.63, 3.8) is 0 Å². The summed E-state index contributed by atoms with van der Waals surface area (Å²) in [6.45, 7) is 4.67. The molecule has 1 N–H and O–H groups in total. The highest BCUT2D eigenvalue weighted by Crippen LogP contribution is 2.20. The maximum atomic E-state index is 10.6. The summed E-state index contributed by atoms with van der Waals surface area (Å²) in [5.74, 6) is -0.530. The summed E-state index contributed by atoms with van der Waals surface area (Å²) < 4.78 is 10.7. The van der Waals surface area contributed by atoms with Crippen molar-refractivity contribution in [3.8, 4) is 0 Å². The van der Waals surface area contributed by atoms with Gasteiger partial charge in [0.1, 0.15) is 11.9 Å². The maximum absolute atomic E-state index is 10.6. The van der Waals surface area contributed by atoms with Gasteiger partial charge in [0.05, 0.1) is 0 Å². The summed E-state index contributed by atoms with van der Waals surface area (Å²) in [5, 5.41) is 8.69. The van der Waals surface area contributed by atoms with E-state index in [1.165, 1.54) is 6.07 Å². The number of hydrogen-bond donors (Lipinski definition) is 1. The Kier molecular flexibility index (Phi) is 5.05. The van der Waals surface area contributed by atoms with Crippen molar-refractivity contribution >= 4 is 5.97 Å². The third-order valence-corrected chi connectivity index (χ3v) is 2.35. The van der Waals surface area contributed by atoms with Crippen molar-refractivity contribution in [1.29, 1.82) is 0 Å². The monoisotopic (exact) mass is 226 g/mol. The molecule has 0 amide bonds. The second kappa shape index (κ2) is 6.33. The first-order chi connectivity index (χ1) is 7.65. The standard InChI is InChI=1S/C12H18O4/c1-3-4-5-8-15-9(2)10-6-7-11(16-10)12(13)14/h6-7,9H,3-5,8H2,1-2H3,(H,13,14). The first kappa shape index (κ1) is 12.8. The van der Waals surface area contributed by atoms with Crippen LogP contribution < -0.4 is 0 Å². The highest BCUT2D eigenvalue weighted by atomic mass is 16.5. The average Bonchev–Trinajstić information content (AvgIpc) is 2.73. The van der Waals surface area contributed by atoms with E-state index in [9.17, 15) is 4.79 Å². The first-order valence-corrected chi connectivity index (χ1v) is 5.59. The Hall–Kier alpha value is -1.29. The molecule has 1 aromatic rings. The number of carboxylic acids is 1. The molecule has 0 aromatic carbocycles. The molecule has 16 heavy (non-hydrogen) atoms. The minimum atomic E-state index is -1.05. The zero-order chi connectivity index (χ0) is 12.0. The molecule has 0 aliphatic carbocycles. The van der Waals surface area contributed by atoms with Gasteiger partial charge < -0.3 is 14.3 Å². The fourth-order valence-electron chi connectivity index (χ4n) is 1.38. The molecular weight excluding hydrogens is 208 g/mol. The van der Waals surface area contributed by atoms with E-state index in [4.69, 9.17) is 14.3 Å². The second-order valence-electron chi connectivity index (χ2n) is 3.73. The van der Waals surface area contributed by atoms with E-state index in [1.54, 1.807) is 6.07 Å². The first-order valence-electron chi connectivity index (χ1n) is 5.59. The lowest BCUT2D eigenvalue weighted by atomic mass is 10.2. The van der Waals surface area contributed by atoms with Crippen LogP contribution in [0.25, 0.3) is 0 Å². The number of carbonyl (C=O) groups is 1. The molecule has 0 bridgehead atoms. The van der Waals surface area contributed by atoms with Gasteiger partial charge in [0.25, 0.3) is 0 Å². The highest BCUT2D eigenvalue weighted by molar-refractivity contribution is 5.84. The van der Waals surface area contributed by atoms with Crippen LogP contribution >= 0.6 is 0 Å². The SMILES string of the molecule is CCCCCOC(C)c1ccc(C(=O)O)o1. The molecule has 0 spiro atoms. The lowest BCUT2D eigenvalue weighted by molar-refractivity contribution is 0.0452. The average molecular weight is 226 g/mol. The molecule has 1 aromatic heterocycles. The fraction of sp³-hybridized carbons (Fsp3) is 0.583. The number of furan rings is 1. The minimum Gasteiger partial charge on any atom is -0.475 e. The largest absolute Gasteiger partial charge is 0.475 e. The molecule has 1 rings (SSSR count). The molecule has 90 valence electrons. The van der Waals surface area contributed by atoms with Gasteiger partial charge in [-0.05, 0) is 25.5 Å². The minimum absolute atomic E-state index is 0.0426. The van der Waals surface area contributed by atoms with Crippen molar-refractivity contribution in [2.75, 3.05) is 6.61 Å².